The first-order valence-electron chi connectivity index (χ1n) is 22.3. The Hall–Kier alpha value is -1.26. The summed E-state index contributed by atoms with van der Waals surface area (Å²) < 4.78 is 0. The standard InChI is InChI=1S/C42H84N12/c1-37-40(34-52-28-7-16-46-22-19-43-10-4-13-49-25-31-52)38(2)42(36-54-30-9-18-48-24-21-45-12-6-15-51-27-33-54)39(3)41(37)35-53-29-8-17-47-23-20-44-11-5-14-50-26-32-53/h43-51H,4-36H2,1-3H3. The van der Waals surface area contributed by atoms with Crippen LogP contribution in [0.1, 0.15) is 71.9 Å². The predicted molar refractivity (Wildman–Crippen MR) is 230 cm³/mol. The summed E-state index contributed by atoms with van der Waals surface area (Å²) in [4.78, 5) is 8.24. The number of nitrogens with zero attached hydrogens (tertiary/aromatic N) is 3. The molecule has 3 heterocycles. The van der Waals surface area contributed by atoms with Gasteiger partial charge >= 0.3 is 0 Å². The second kappa shape index (κ2) is 29.0. The predicted octanol–water partition coefficient (Wildman–Crippen LogP) is 0.706. The minimum absolute atomic E-state index is 1.03. The number of nitrogens with one attached hydrogen (secondary N) is 9. The van der Waals surface area contributed by atoms with Gasteiger partial charge in [-0.15, -0.1) is 0 Å². The maximum atomic E-state index is 3.76. The van der Waals surface area contributed by atoms with Gasteiger partial charge in [0.2, 0.25) is 0 Å². The van der Waals surface area contributed by atoms with E-state index in [0.717, 1.165) is 177 Å². The molecule has 312 valence electrons. The first-order valence-corrected chi connectivity index (χ1v) is 22.3. The SMILES string of the molecule is Cc1c(CN2CCCNCCNCCCNCC2)c(C)c(CN2CCCNCCNCCCNCC2)c(C)c1CN1CCCNCCNCCCNCC1. The Morgan fingerprint density at radius 3 is 0.759 bits per heavy atom. The van der Waals surface area contributed by atoms with Crippen LogP contribution in [0.5, 0.6) is 0 Å². The molecule has 0 aromatic heterocycles. The number of hydrogen-bond donors (Lipinski definition) is 9. The van der Waals surface area contributed by atoms with Gasteiger partial charge in [0.05, 0.1) is 0 Å². The highest BCUT2D eigenvalue weighted by atomic mass is 15.2. The van der Waals surface area contributed by atoms with Crippen LogP contribution < -0.4 is 47.9 Å². The Kier molecular flexibility index (Phi) is 24.4. The van der Waals surface area contributed by atoms with Crippen molar-refractivity contribution in [3.8, 4) is 0 Å². The van der Waals surface area contributed by atoms with Crippen LogP contribution in [0.15, 0.2) is 0 Å². The average molecular weight is 757 g/mol. The molecule has 3 aliphatic rings. The van der Waals surface area contributed by atoms with E-state index in [2.05, 4.69) is 83.3 Å². The fourth-order valence-corrected chi connectivity index (χ4v) is 8.25. The van der Waals surface area contributed by atoms with Crippen molar-refractivity contribution in [3.05, 3.63) is 33.4 Å². The van der Waals surface area contributed by atoms with Gasteiger partial charge in [0, 0.05) is 98.2 Å². The van der Waals surface area contributed by atoms with Crippen molar-refractivity contribution in [1.29, 1.82) is 0 Å². The summed E-state index contributed by atoms with van der Waals surface area (Å²) in [6.07, 6.45) is 7.09. The maximum Gasteiger partial charge on any atom is 0.0239 e. The molecule has 12 heteroatoms. The fraction of sp³-hybridized carbons (Fsp3) is 0.857. The summed E-state index contributed by atoms with van der Waals surface area (Å²) in [7, 11) is 0. The number of hydrogen-bond acceptors (Lipinski definition) is 12. The molecule has 3 aliphatic heterocycles. The largest absolute Gasteiger partial charge is 0.315 e. The molecule has 0 atom stereocenters. The number of rotatable bonds is 6. The Morgan fingerprint density at radius 1 is 0.278 bits per heavy atom. The summed E-state index contributed by atoms with van der Waals surface area (Å²) >= 11 is 0. The van der Waals surface area contributed by atoms with E-state index in [0.29, 0.717) is 0 Å². The lowest BCUT2D eigenvalue weighted by Crippen LogP contribution is -2.38. The zero-order valence-corrected chi connectivity index (χ0v) is 35.2. The van der Waals surface area contributed by atoms with Gasteiger partial charge in [0.1, 0.15) is 0 Å². The highest BCUT2D eigenvalue weighted by Crippen LogP contribution is 2.31. The summed E-state index contributed by atoms with van der Waals surface area (Å²) in [6.45, 7) is 36.3. The zero-order valence-electron chi connectivity index (χ0n) is 35.2. The van der Waals surface area contributed by atoms with Gasteiger partial charge in [0.25, 0.3) is 0 Å². The Morgan fingerprint density at radius 2 is 0.500 bits per heavy atom. The Bertz CT molecular complexity index is 907. The van der Waals surface area contributed by atoms with E-state index >= 15 is 0 Å². The van der Waals surface area contributed by atoms with Crippen LogP contribution in [0.3, 0.4) is 0 Å². The van der Waals surface area contributed by atoms with Crippen molar-refractivity contribution in [2.75, 3.05) is 157 Å². The first-order chi connectivity index (χ1) is 26.6. The van der Waals surface area contributed by atoms with Crippen molar-refractivity contribution in [2.45, 2.75) is 78.9 Å². The van der Waals surface area contributed by atoms with Crippen LogP contribution in [0.25, 0.3) is 0 Å². The summed E-state index contributed by atoms with van der Waals surface area (Å²) in [5.74, 6) is 0. The van der Waals surface area contributed by atoms with Gasteiger partial charge in [-0.25, -0.2) is 0 Å². The molecule has 0 amide bonds. The smallest absolute Gasteiger partial charge is 0.0239 e. The van der Waals surface area contributed by atoms with E-state index in [1.807, 2.05) is 0 Å². The number of benzene rings is 1. The maximum absolute atomic E-state index is 3.76. The van der Waals surface area contributed by atoms with Crippen LogP contribution in [-0.2, 0) is 19.6 Å². The van der Waals surface area contributed by atoms with Crippen LogP contribution >= 0.6 is 0 Å². The van der Waals surface area contributed by atoms with Crippen molar-refractivity contribution >= 4 is 0 Å². The molecule has 1 aromatic carbocycles. The second-order valence-electron chi connectivity index (χ2n) is 16.0. The van der Waals surface area contributed by atoms with Gasteiger partial charge in [0.15, 0.2) is 0 Å². The Labute approximate surface area is 331 Å². The molecule has 54 heavy (non-hydrogen) atoms. The van der Waals surface area contributed by atoms with Crippen LogP contribution in [-0.4, -0.2) is 172 Å². The molecule has 0 saturated carbocycles. The molecule has 0 bridgehead atoms. The third-order valence-corrected chi connectivity index (χ3v) is 11.7. The normalized spacial score (nSPS) is 23.2. The van der Waals surface area contributed by atoms with Gasteiger partial charge in [-0.1, -0.05) is 0 Å². The van der Waals surface area contributed by atoms with Crippen LogP contribution in [0, 0.1) is 20.8 Å². The second-order valence-corrected chi connectivity index (χ2v) is 16.0. The van der Waals surface area contributed by atoms with E-state index in [1.165, 1.54) is 55.2 Å². The minimum Gasteiger partial charge on any atom is -0.315 e. The van der Waals surface area contributed by atoms with Gasteiger partial charge < -0.3 is 47.9 Å². The van der Waals surface area contributed by atoms with Crippen molar-refractivity contribution < 1.29 is 0 Å². The summed E-state index contributed by atoms with van der Waals surface area (Å²) in [5.41, 5.74) is 9.32. The molecule has 0 unspecified atom stereocenters. The van der Waals surface area contributed by atoms with Gasteiger partial charge in [-0.05, 0) is 171 Å². The third kappa shape index (κ3) is 18.3. The van der Waals surface area contributed by atoms with E-state index in [9.17, 15) is 0 Å². The summed E-state index contributed by atoms with van der Waals surface area (Å²) in [5, 5.41) is 33.1. The molecule has 0 spiro atoms. The van der Waals surface area contributed by atoms with Gasteiger partial charge in [-0.2, -0.15) is 0 Å². The molecule has 0 radical (unpaired) electrons. The molecular formula is C42H84N12. The monoisotopic (exact) mass is 757 g/mol. The molecule has 9 N–H and O–H groups in total. The lowest BCUT2D eigenvalue weighted by Gasteiger charge is -2.32. The summed E-state index contributed by atoms with van der Waals surface area (Å²) in [6, 6.07) is 0. The lowest BCUT2D eigenvalue weighted by atomic mass is 9.87. The van der Waals surface area contributed by atoms with Crippen molar-refractivity contribution in [2.24, 2.45) is 0 Å². The lowest BCUT2D eigenvalue weighted by molar-refractivity contribution is 0.250. The first kappa shape index (κ1) is 45.4. The zero-order chi connectivity index (χ0) is 37.9. The molecule has 0 aliphatic carbocycles. The van der Waals surface area contributed by atoms with Crippen molar-refractivity contribution in [1.82, 2.24) is 62.6 Å². The topological polar surface area (TPSA) is 118 Å². The van der Waals surface area contributed by atoms with E-state index < -0.39 is 0 Å². The van der Waals surface area contributed by atoms with E-state index in [1.54, 1.807) is 16.7 Å². The highest BCUT2D eigenvalue weighted by molar-refractivity contribution is 5.50. The van der Waals surface area contributed by atoms with E-state index in [4.69, 9.17) is 0 Å². The average Bonchev–Trinajstić information content (AvgIpc) is 3.17. The fourth-order valence-electron chi connectivity index (χ4n) is 8.25. The quantitative estimate of drug-likeness (QED) is 0.204. The molecular weight excluding hydrogens is 673 g/mol. The molecule has 12 nitrogen and oxygen atoms in total. The Balaban J connectivity index is 1.60. The molecule has 1 aromatic rings. The van der Waals surface area contributed by atoms with Crippen molar-refractivity contribution in [3.63, 3.8) is 0 Å². The molecule has 3 fully saturated rings. The van der Waals surface area contributed by atoms with Crippen LogP contribution in [0.2, 0.25) is 0 Å². The minimum atomic E-state index is 1.03. The van der Waals surface area contributed by atoms with Gasteiger partial charge in [-0.3, -0.25) is 14.7 Å². The molecule has 4 rings (SSSR count). The third-order valence-electron chi connectivity index (χ3n) is 11.7. The molecule has 3 saturated heterocycles. The van der Waals surface area contributed by atoms with E-state index in [-0.39, 0.29) is 0 Å². The van der Waals surface area contributed by atoms with Crippen LogP contribution in [0.4, 0.5) is 0 Å². The highest BCUT2D eigenvalue weighted by Gasteiger charge is 2.22.